The second-order valence-electron chi connectivity index (χ2n) is 6.23. The number of amides is 2. The van der Waals surface area contributed by atoms with Crippen molar-refractivity contribution >= 4 is 34.8 Å². The molecule has 0 fully saturated rings. The van der Waals surface area contributed by atoms with E-state index in [9.17, 15) is 9.59 Å². The van der Waals surface area contributed by atoms with E-state index in [2.05, 4.69) is 20.8 Å². The Morgan fingerprint density at radius 3 is 2.43 bits per heavy atom. The Morgan fingerprint density at radius 2 is 1.75 bits per heavy atom. The van der Waals surface area contributed by atoms with Gasteiger partial charge in [-0.3, -0.25) is 9.59 Å². The van der Waals surface area contributed by atoms with E-state index in [0.717, 1.165) is 11.1 Å². The van der Waals surface area contributed by atoms with Crippen molar-refractivity contribution in [2.75, 3.05) is 10.6 Å². The summed E-state index contributed by atoms with van der Waals surface area (Å²) in [6.45, 7) is 3.27. The number of hydrogen-bond donors (Lipinski definition) is 2. The molecule has 0 radical (unpaired) electrons. The lowest BCUT2D eigenvalue weighted by atomic mass is 10.1. The van der Waals surface area contributed by atoms with Crippen molar-refractivity contribution in [3.8, 4) is 11.4 Å². The van der Waals surface area contributed by atoms with Crippen LogP contribution in [0, 0.1) is 6.92 Å². The third-order valence-electron chi connectivity index (χ3n) is 4.06. The molecule has 28 heavy (non-hydrogen) atoms. The first-order chi connectivity index (χ1) is 13.4. The van der Waals surface area contributed by atoms with Gasteiger partial charge in [-0.1, -0.05) is 22.8 Å². The van der Waals surface area contributed by atoms with Crippen LogP contribution in [-0.2, 0) is 16.0 Å². The molecule has 3 rings (SSSR count). The fraction of sp³-hybridized carbons (Fsp3) is 0.200. The molecule has 0 aliphatic carbocycles. The van der Waals surface area contributed by atoms with Crippen molar-refractivity contribution in [3.63, 3.8) is 0 Å². The topological polar surface area (TPSA) is 97.1 Å². The lowest BCUT2D eigenvalue weighted by molar-refractivity contribution is -0.116. The van der Waals surface area contributed by atoms with Gasteiger partial charge in [0.1, 0.15) is 0 Å². The monoisotopic (exact) mass is 398 g/mol. The maximum absolute atomic E-state index is 12.3. The molecule has 0 atom stereocenters. The van der Waals surface area contributed by atoms with Crippen LogP contribution in [0.5, 0.6) is 0 Å². The summed E-state index contributed by atoms with van der Waals surface area (Å²) in [5.41, 5.74) is 2.88. The van der Waals surface area contributed by atoms with Gasteiger partial charge in [-0.25, -0.2) is 0 Å². The summed E-state index contributed by atoms with van der Waals surface area (Å²) in [7, 11) is 0. The average Bonchev–Trinajstić information content (AvgIpc) is 3.13. The van der Waals surface area contributed by atoms with Crippen molar-refractivity contribution in [1.29, 1.82) is 0 Å². The predicted molar refractivity (Wildman–Crippen MR) is 107 cm³/mol. The average molecular weight is 399 g/mol. The van der Waals surface area contributed by atoms with E-state index >= 15 is 0 Å². The molecule has 0 unspecified atom stereocenters. The second kappa shape index (κ2) is 8.67. The first-order valence-corrected chi connectivity index (χ1v) is 9.06. The maximum atomic E-state index is 12.3. The zero-order chi connectivity index (χ0) is 20.1. The van der Waals surface area contributed by atoms with Crippen LogP contribution in [0.25, 0.3) is 11.4 Å². The summed E-state index contributed by atoms with van der Waals surface area (Å²) < 4.78 is 5.21. The smallest absolute Gasteiger partial charge is 0.227 e. The molecule has 2 aromatic carbocycles. The Kier molecular flexibility index (Phi) is 6.06. The first kappa shape index (κ1) is 19.6. The van der Waals surface area contributed by atoms with Crippen LogP contribution >= 0.6 is 11.6 Å². The zero-order valence-corrected chi connectivity index (χ0v) is 16.2. The third kappa shape index (κ3) is 4.95. The van der Waals surface area contributed by atoms with E-state index in [4.69, 9.17) is 16.1 Å². The summed E-state index contributed by atoms with van der Waals surface area (Å²) >= 11 is 5.87. The van der Waals surface area contributed by atoms with E-state index in [0.29, 0.717) is 34.5 Å². The molecule has 1 heterocycles. The molecule has 2 amide bonds. The number of rotatable bonds is 6. The molecule has 0 saturated carbocycles. The number of nitrogens with one attached hydrogen (secondary N) is 2. The number of hydrogen-bond acceptors (Lipinski definition) is 5. The number of benzene rings is 2. The van der Waals surface area contributed by atoms with Gasteiger partial charge in [0.05, 0.1) is 0 Å². The van der Waals surface area contributed by atoms with Gasteiger partial charge < -0.3 is 15.2 Å². The van der Waals surface area contributed by atoms with Gasteiger partial charge in [0, 0.05) is 41.7 Å². The molecule has 3 aromatic rings. The van der Waals surface area contributed by atoms with Crippen molar-refractivity contribution in [2.24, 2.45) is 0 Å². The molecule has 1 aromatic heterocycles. The van der Waals surface area contributed by atoms with E-state index in [1.165, 1.54) is 6.92 Å². The van der Waals surface area contributed by atoms with Crippen LogP contribution in [0.4, 0.5) is 11.4 Å². The van der Waals surface area contributed by atoms with Gasteiger partial charge >= 0.3 is 0 Å². The number of carbonyl (C=O) groups excluding carboxylic acids is 2. The lowest BCUT2D eigenvalue weighted by Gasteiger charge is -2.12. The van der Waals surface area contributed by atoms with E-state index in [-0.39, 0.29) is 18.2 Å². The van der Waals surface area contributed by atoms with E-state index in [1.807, 2.05) is 6.92 Å². The van der Waals surface area contributed by atoms with Crippen LogP contribution in [-0.4, -0.2) is 22.0 Å². The van der Waals surface area contributed by atoms with Crippen molar-refractivity contribution < 1.29 is 14.1 Å². The molecule has 2 N–H and O–H groups in total. The Morgan fingerprint density at radius 1 is 1.07 bits per heavy atom. The van der Waals surface area contributed by atoms with Gasteiger partial charge in [-0.15, -0.1) is 0 Å². The van der Waals surface area contributed by atoms with Crippen molar-refractivity contribution in [3.05, 3.63) is 58.9 Å². The Labute approximate surface area is 167 Å². The number of carbonyl (C=O) groups is 2. The molecule has 0 bridgehead atoms. The maximum Gasteiger partial charge on any atom is 0.227 e. The summed E-state index contributed by atoms with van der Waals surface area (Å²) in [6, 6.07) is 12.4. The number of aromatic nitrogens is 2. The van der Waals surface area contributed by atoms with Gasteiger partial charge in [-0.05, 0) is 48.9 Å². The number of aryl methyl sites for hydroxylation is 1. The molecule has 0 saturated heterocycles. The summed E-state index contributed by atoms with van der Waals surface area (Å²) in [6.07, 6.45) is 0.503. The number of anilines is 2. The molecule has 0 aliphatic rings. The standard InChI is InChI=1S/C20H19ClN4O3/c1-12-16(22-13(2)26)4-3-5-17(12)23-18(27)10-11-19-24-20(25-28-19)14-6-8-15(21)9-7-14/h3-9H,10-11H2,1-2H3,(H,22,26)(H,23,27). The van der Waals surface area contributed by atoms with Crippen LogP contribution < -0.4 is 10.6 Å². The van der Waals surface area contributed by atoms with Crippen LogP contribution in [0.15, 0.2) is 47.0 Å². The zero-order valence-electron chi connectivity index (χ0n) is 15.5. The Balaban J connectivity index is 1.59. The molecular weight excluding hydrogens is 380 g/mol. The molecule has 144 valence electrons. The van der Waals surface area contributed by atoms with Crippen molar-refractivity contribution in [2.45, 2.75) is 26.7 Å². The summed E-state index contributed by atoms with van der Waals surface area (Å²) in [5, 5.41) is 10.1. The Hall–Kier alpha value is -3.19. The third-order valence-corrected chi connectivity index (χ3v) is 4.31. The lowest BCUT2D eigenvalue weighted by Crippen LogP contribution is -2.14. The van der Waals surface area contributed by atoms with Crippen molar-refractivity contribution in [1.82, 2.24) is 10.1 Å². The fourth-order valence-electron chi connectivity index (χ4n) is 2.60. The molecular formula is C20H19ClN4O3. The van der Waals surface area contributed by atoms with Gasteiger partial charge in [0.15, 0.2) is 0 Å². The molecule has 0 aliphatic heterocycles. The van der Waals surface area contributed by atoms with Gasteiger partial charge in [-0.2, -0.15) is 4.98 Å². The second-order valence-corrected chi connectivity index (χ2v) is 6.66. The van der Waals surface area contributed by atoms with E-state index < -0.39 is 0 Å². The van der Waals surface area contributed by atoms with Gasteiger partial charge in [0.2, 0.25) is 23.5 Å². The molecule has 0 spiro atoms. The summed E-state index contributed by atoms with van der Waals surface area (Å²) in [5.74, 6) is 0.475. The highest BCUT2D eigenvalue weighted by molar-refractivity contribution is 6.30. The number of nitrogens with zero attached hydrogens (tertiary/aromatic N) is 2. The highest BCUT2D eigenvalue weighted by atomic mass is 35.5. The van der Waals surface area contributed by atoms with E-state index in [1.54, 1.807) is 42.5 Å². The number of halogens is 1. The highest BCUT2D eigenvalue weighted by Crippen LogP contribution is 2.24. The molecule has 8 heteroatoms. The largest absolute Gasteiger partial charge is 0.339 e. The summed E-state index contributed by atoms with van der Waals surface area (Å²) in [4.78, 5) is 27.8. The normalized spacial score (nSPS) is 10.5. The van der Waals surface area contributed by atoms with Gasteiger partial charge in [0.25, 0.3) is 0 Å². The van der Waals surface area contributed by atoms with Crippen LogP contribution in [0.1, 0.15) is 24.8 Å². The first-order valence-electron chi connectivity index (χ1n) is 8.68. The minimum atomic E-state index is -0.186. The highest BCUT2D eigenvalue weighted by Gasteiger charge is 2.12. The molecule has 7 nitrogen and oxygen atoms in total. The SMILES string of the molecule is CC(=O)Nc1cccc(NC(=O)CCc2nc(-c3ccc(Cl)cc3)no2)c1C. The Bertz CT molecular complexity index is 999. The minimum absolute atomic E-state index is 0.167. The van der Waals surface area contributed by atoms with Crippen LogP contribution in [0.2, 0.25) is 5.02 Å². The fourth-order valence-corrected chi connectivity index (χ4v) is 2.73. The minimum Gasteiger partial charge on any atom is -0.339 e. The van der Waals surface area contributed by atoms with Crippen LogP contribution in [0.3, 0.4) is 0 Å². The predicted octanol–water partition coefficient (Wildman–Crippen LogP) is 4.23. The quantitative estimate of drug-likeness (QED) is 0.647.